The number of carbonyl (C=O) groups excluding carboxylic acids is 1. The van der Waals surface area contributed by atoms with Gasteiger partial charge in [-0.05, 0) is 47.9 Å². The molecule has 0 unspecified atom stereocenters. The van der Waals surface area contributed by atoms with Crippen molar-refractivity contribution >= 4 is 21.8 Å². The Kier molecular flexibility index (Phi) is 5.91. The van der Waals surface area contributed by atoms with Crippen molar-refractivity contribution in [1.29, 1.82) is 0 Å². The number of aryl methyl sites for hydroxylation is 1. The maximum atomic E-state index is 13.3. The number of rotatable bonds is 5. The molecule has 2 aromatic rings. The summed E-state index contributed by atoms with van der Waals surface area (Å²) in [7, 11) is 0. The van der Waals surface area contributed by atoms with E-state index in [4.69, 9.17) is 9.47 Å². The van der Waals surface area contributed by atoms with Gasteiger partial charge in [-0.25, -0.2) is 4.39 Å². The lowest BCUT2D eigenvalue weighted by molar-refractivity contribution is -0.121. The Balaban J connectivity index is 1.51. The van der Waals surface area contributed by atoms with Gasteiger partial charge >= 0.3 is 0 Å². The molecule has 1 aliphatic rings. The molecule has 6 heteroatoms. The number of hydrogen-bond donors (Lipinski definition) is 1. The number of hydrogen-bond acceptors (Lipinski definition) is 3. The number of carbonyl (C=O) groups is 1. The second-order valence-electron chi connectivity index (χ2n) is 5.89. The summed E-state index contributed by atoms with van der Waals surface area (Å²) < 4.78 is 25.2. The lowest BCUT2D eigenvalue weighted by atomic mass is 10.1. The van der Waals surface area contributed by atoms with E-state index in [2.05, 4.69) is 21.2 Å². The maximum Gasteiger partial charge on any atom is 0.220 e. The Labute approximate surface area is 154 Å². The molecule has 0 radical (unpaired) electrons. The highest BCUT2D eigenvalue weighted by molar-refractivity contribution is 9.10. The van der Waals surface area contributed by atoms with Crippen LogP contribution in [0.15, 0.2) is 40.9 Å². The molecule has 0 spiro atoms. The van der Waals surface area contributed by atoms with Crippen LogP contribution in [0.25, 0.3) is 0 Å². The number of ether oxygens (including phenoxy) is 2. The van der Waals surface area contributed by atoms with Crippen LogP contribution in [0.5, 0.6) is 11.5 Å². The van der Waals surface area contributed by atoms with Crippen molar-refractivity contribution in [2.45, 2.75) is 25.8 Å². The SMILES string of the molecule is O=C(CCc1ccc2c(c1)OCCCO2)NCc1cc(F)cc(Br)c1. The van der Waals surface area contributed by atoms with Crippen LogP contribution in [0.4, 0.5) is 4.39 Å². The van der Waals surface area contributed by atoms with Gasteiger partial charge < -0.3 is 14.8 Å². The Hall–Kier alpha value is -2.08. The molecule has 3 rings (SSSR count). The van der Waals surface area contributed by atoms with Crippen LogP contribution < -0.4 is 14.8 Å². The number of halogens is 2. The minimum Gasteiger partial charge on any atom is -0.490 e. The third-order valence-corrected chi connectivity index (χ3v) is 4.32. The normalized spacial score (nSPS) is 13.2. The molecule has 0 bridgehead atoms. The van der Waals surface area contributed by atoms with E-state index in [1.807, 2.05) is 18.2 Å². The molecule has 1 heterocycles. The third kappa shape index (κ3) is 5.19. The Morgan fingerprint density at radius 2 is 1.88 bits per heavy atom. The van der Waals surface area contributed by atoms with Crippen molar-refractivity contribution in [3.05, 3.63) is 57.8 Å². The molecule has 0 atom stereocenters. The summed E-state index contributed by atoms with van der Waals surface area (Å²) in [5.41, 5.74) is 1.74. The predicted molar refractivity (Wildman–Crippen MR) is 96.3 cm³/mol. The van der Waals surface area contributed by atoms with Crippen LogP contribution in [0, 0.1) is 5.82 Å². The average molecular weight is 408 g/mol. The number of benzene rings is 2. The molecule has 1 amide bonds. The summed E-state index contributed by atoms with van der Waals surface area (Å²) in [5, 5.41) is 2.81. The molecule has 0 fully saturated rings. The summed E-state index contributed by atoms with van der Waals surface area (Å²) >= 11 is 3.24. The molecule has 2 aromatic carbocycles. The van der Waals surface area contributed by atoms with Gasteiger partial charge in [-0.3, -0.25) is 4.79 Å². The number of nitrogens with one attached hydrogen (secondary N) is 1. The van der Waals surface area contributed by atoms with E-state index in [1.54, 1.807) is 6.07 Å². The molecule has 25 heavy (non-hydrogen) atoms. The molecule has 132 valence electrons. The third-order valence-electron chi connectivity index (χ3n) is 3.86. The zero-order valence-electron chi connectivity index (χ0n) is 13.7. The topological polar surface area (TPSA) is 47.6 Å². The van der Waals surface area contributed by atoms with Gasteiger partial charge in [0.25, 0.3) is 0 Å². The fourth-order valence-corrected chi connectivity index (χ4v) is 3.14. The van der Waals surface area contributed by atoms with Gasteiger partial charge in [-0.2, -0.15) is 0 Å². The average Bonchev–Trinajstić information content (AvgIpc) is 2.82. The van der Waals surface area contributed by atoms with Gasteiger partial charge in [-0.15, -0.1) is 0 Å². The zero-order valence-corrected chi connectivity index (χ0v) is 15.3. The standard InChI is InChI=1S/C19H19BrFNO3/c20-15-8-14(9-16(21)11-15)12-22-19(23)5-3-13-2-4-17-18(10-13)25-7-1-6-24-17/h2,4,8-11H,1,3,5-7,12H2,(H,22,23). The van der Waals surface area contributed by atoms with Crippen molar-refractivity contribution in [2.24, 2.45) is 0 Å². The lowest BCUT2D eigenvalue weighted by Gasteiger charge is -2.10. The molecule has 0 saturated heterocycles. The highest BCUT2D eigenvalue weighted by Gasteiger charge is 2.11. The Morgan fingerprint density at radius 3 is 2.68 bits per heavy atom. The minimum atomic E-state index is -0.328. The molecule has 0 aliphatic carbocycles. The highest BCUT2D eigenvalue weighted by atomic mass is 79.9. The van der Waals surface area contributed by atoms with E-state index in [0.717, 1.165) is 29.0 Å². The van der Waals surface area contributed by atoms with Crippen molar-refractivity contribution in [3.63, 3.8) is 0 Å². The Bertz CT molecular complexity index is 746. The smallest absolute Gasteiger partial charge is 0.220 e. The second kappa shape index (κ2) is 8.34. The van der Waals surface area contributed by atoms with Crippen LogP contribution in [-0.2, 0) is 17.8 Å². The van der Waals surface area contributed by atoms with Gasteiger partial charge in [0, 0.05) is 23.9 Å². The Morgan fingerprint density at radius 1 is 1.08 bits per heavy atom. The maximum absolute atomic E-state index is 13.3. The van der Waals surface area contributed by atoms with Gasteiger partial charge in [-0.1, -0.05) is 22.0 Å². The molecule has 0 aromatic heterocycles. The van der Waals surface area contributed by atoms with Crippen molar-refractivity contribution < 1.29 is 18.7 Å². The largest absolute Gasteiger partial charge is 0.490 e. The molecule has 0 saturated carbocycles. The van der Waals surface area contributed by atoms with E-state index in [0.29, 0.717) is 37.1 Å². The summed E-state index contributed by atoms with van der Waals surface area (Å²) in [6, 6.07) is 10.3. The van der Waals surface area contributed by atoms with Crippen LogP contribution in [0.1, 0.15) is 24.0 Å². The van der Waals surface area contributed by atoms with Crippen LogP contribution >= 0.6 is 15.9 Å². The van der Waals surface area contributed by atoms with Crippen molar-refractivity contribution in [1.82, 2.24) is 5.32 Å². The first-order valence-electron chi connectivity index (χ1n) is 8.20. The number of fused-ring (bicyclic) bond motifs is 1. The monoisotopic (exact) mass is 407 g/mol. The van der Waals surface area contributed by atoms with Crippen LogP contribution in [-0.4, -0.2) is 19.1 Å². The molecular formula is C19H19BrFNO3. The van der Waals surface area contributed by atoms with Crippen molar-refractivity contribution in [3.8, 4) is 11.5 Å². The van der Waals surface area contributed by atoms with Gasteiger partial charge in [0.05, 0.1) is 13.2 Å². The summed E-state index contributed by atoms with van der Waals surface area (Å²) in [6.07, 6.45) is 1.83. The predicted octanol–water partition coefficient (Wildman–Crippen LogP) is 4.00. The summed E-state index contributed by atoms with van der Waals surface area (Å²) in [5.74, 6) is 1.08. The van der Waals surface area contributed by atoms with E-state index in [1.165, 1.54) is 12.1 Å². The lowest BCUT2D eigenvalue weighted by Crippen LogP contribution is -2.23. The van der Waals surface area contributed by atoms with E-state index in [-0.39, 0.29) is 11.7 Å². The number of amides is 1. The summed E-state index contributed by atoms with van der Waals surface area (Å²) in [6.45, 7) is 1.60. The minimum absolute atomic E-state index is 0.0764. The first-order valence-corrected chi connectivity index (χ1v) is 8.99. The van der Waals surface area contributed by atoms with Gasteiger partial charge in [0.1, 0.15) is 5.82 Å². The molecule has 1 N–H and O–H groups in total. The van der Waals surface area contributed by atoms with E-state index < -0.39 is 0 Å². The van der Waals surface area contributed by atoms with E-state index in [9.17, 15) is 9.18 Å². The molecular weight excluding hydrogens is 389 g/mol. The van der Waals surface area contributed by atoms with Crippen LogP contribution in [0.2, 0.25) is 0 Å². The fraction of sp³-hybridized carbons (Fsp3) is 0.316. The first-order chi connectivity index (χ1) is 12.1. The first kappa shape index (κ1) is 17.7. The summed E-state index contributed by atoms with van der Waals surface area (Å²) in [4.78, 5) is 12.0. The quantitative estimate of drug-likeness (QED) is 0.814. The second-order valence-corrected chi connectivity index (χ2v) is 6.80. The zero-order chi connectivity index (χ0) is 17.6. The van der Waals surface area contributed by atoms with Gasteiger partial charge in [0.2, 0.25) is 5.91 Å². The van der Waals surface area contributed by atoms with Crippen LogP contribution in [0.3, 0.4) is 0 Å². The van der Waals surface area contributed by atoms with E-state index >= 15 is 0 Å². The molecule has 4 nitrogen and oxygen atoms in total. The van der Waals surface area contributed by atoms with Gasteiger partial charge in [0.15, 0.2) is 11.5 Å². The fourth-order valence-electron chi connectivity index (χ4n) is 2.62. The van der Waals surface area contributed by atoms with Crippen molar-refractivity contribution in [2.75, 3.05) is 13.2 Å². The highest BCUT2D eigenvalue weighted by Crippen LogP contribution is 2.30. The molecule has 1 aliphatic heterocycles.